The van der Waals surface area contributed by atoms with Crippen LogP contribution in [0.2, 0.25) is 0 Å². The molecule has 0 radical (unpaired) electrons. The molecule has 0 spiro atoms. The minimum atomic E-state index is -0.853. The van der Waals surface area contributed by atoms with Crippen LogP contribution >= 0.6 is 0 Å². The average molecular weight is 188 g/mol. The molecule has 76 valence electrons. The molecule has 0 heterocycles. The lowest BCUT2D eigenvalue weighted by molar-refractivity contribution is 0.197. The highest BCUT2D eigenvalue weighted by Crippen LogP contribution is 2.21. The minimum absolute atomic E-state index is 0.169. The molecule has 3 nitrogen and oxygen atoms in total. The largest absolute Gasteiger partial charge is 0.332 e. The fraction of sp³-hybridized carbons (Fsp3) is 0.889. The second-order valence-electron chi connectivity index (χ2n) is 3.52. The first kappa shape index (κ1) is 10.3. The van der Waals surface area contributed by atoms with Crippen LogP contribution in [0.1, 0.15) is 26.2 Å². The zero-order chi connectivity index (χ0) is 9.84. The van der Waals surface area contributed by atoms with Gasteiger partial charge in [0.25, 0.3) is 0 Å². The van der Waals surface area contributed by atoms with Gasteiger partial charge in [-0.2, -0.15) is 0 Å². The Kier molecular flexibility index (Phi) is 3.51. The molecular formula is C9H17FN2O. The van der Waals surface area contributed by atoms with E-state index in [-0.39, 0.29) is 12.1 Å². The number of rotatable bonds is 2. The molecule has 13 heavy (non-hydrogen) atoms. The number of amides is 2. The Hall–Kier alpha value is -0.800. The van der Waals surface area contributed by atoms with E-state index in [1.807, 2.05) is 6.92 Å². The average Bonchev–Trinajstić information content (AvgIpc) is 2.50. The van der Waals surface area contributed by atoms with Gasteiger partial charge in [-0.15, -0.1) is 0 Å². The van der Waals surface area contributed by atoms with Crippen LogP contribution in [-0.2, 0) is 0 Å². The SMILES string of the molecule is CCN(C)C(=O)N[C@H]1CCC[C@H]1F. The van der Waals surface area contributed by atoms with Crippen molar-refractivity contribution in [2.45, 2.75) is 38.4 Å². The molecule has 1 aliphatic rings. The predicted molar refractivity (Wildman–Crippen MR) is 49.4 cm³/mol. The maximum atomic E-state index is 13.1. The lowest BCUT2D eigenvalue weighted by Crippen LogP contribution is -2.45. The van der Waals surface area contributed by atoms with E-state index in [1.54, 1.807) is 11.9 Å². The first-order chi connectivity index (χ1) is 6.15. The molecule has 0 aliphatic heterocycles. The standard InChI is InChI=1S/C9H17FN2O/c1-3-12(2)9(13)11-8-6-4-5-7(8)10/h7-8H,3-6H2,1-2H3,(H,11,13)/t7-,8+/m1/s1. The summed E-state index contributed by atoms with van der Waals surface area (Å²) in [5.41, 5.74) is 0. The summed E-state index contributed by atoms with van der Waals surface area (Å²) in [4.78, 5) is 12.9. The summed E-state index contributed by atoms with van der Waals surface area (Å²) >= 11 is 0. The quantitative estimate of drug-likeness (QED) is 0.700. The van der Waals surface area contributed by atoms with E-state index >= 15 is 0 Å². The molecule has 0 aromatic carbocycles. The summed E-state index contributed by atoms with van der Waals surface area (Å²) in [6.45, 7) is 2.54. The first-order valence-corrected chi connectivity index (χ1v) is 4.81. The van der Waals surface area contributed by atoms with Crippen LogP contribution in [0.25, 0.3) is 0 Å². The summed E-state index contributed by atoms with van der Waals surface area (Å²) < 4.78 is 13.1. The topological polar surface area (TPSA) is 32.3 Å². The van der Waals surface area contributed by atoms with Crippen molar-refractivity contribution >= 4 is 6.03 Å². The lowest BCUT2D eigenvalue weighted by Gasteiger charge is -2.20. The lowest BCUT2D eigenvalue weighted by atomic mass is 10.2. The van der Waals surface area contributed by atoms with Gasteiger partial charge in [-0.25, -0.2) is 9.18 Å². The fourth-order valence-corrected chi connectivity index (χ4v) is 1.49. The van der Waals surface area contributed by atoms with Crippen molar-refractivity contribution in [3.8, 4) is 0 Å². The van der Waals surface area contributed by atoms with Crippen molar-refractivity contribution in [3.05, 3.63) is 0 Å². The molecule has 1 rings (SSSR count). The number of alkyl halides is 1. The van der Waals surface area contributed by atoms with Gasteiger partial charge < -0.3 is 10.2 Å². The van der Waals surface area contributed by atoms with E-state index in [0.29, 0.717) is 13.0 Å². The summed E-state index contributed by atoms with van der Waals surface area (Å²) in [5.74, 6) is 0. The number of hydrogen-bond acceptors (Lipinski definition) is 1. The zero-order valence-electron chi connectivity index (χ0n) is 8.22. The van der Waals surface area contributed by atoms with E-state index in [9.17, 15) is 9.18 Å². The van der Waals surface area contributed by atoms with Gasteiger partial charge in [-0.1, -0.05) is 0 Å². The van der Waals surface area contributed by atoms with Gasteiger partial charge in [0, 0.05) is 13.6 Å². The van der Waals surface area contributed by atoms with Crippen molar-refractivity contribution in [2.24, 2.45) is 0 Å². The van der Waals surface area contributed by atoms with Gasteiger partial charge in [0.05, 0.1) is 6.04 Å². The number of halogens is 1. The van der Waals surface area contributed by atoms with E-state index in [0.717, 1.165) is 12.8 Å². The van der Waals surface area contributed by atoms with Crippen LogP contribution in [0.5, 0.6) is 0 Å². The summed E-state index contributed by atoms with van der Waals surface area (Å²) in [6, 6.07) is -0.432. The molecule has 0 unspecified atom stereocenters. The molecule has 4 heteroatoms. The zero-order valence-corrected chi connectivity index (χ0v) is 8.22. The number of urea groups is 1. The third kappa shape index (κ3) is 2.57. The molecule has 1 fully saturated rings. The van der Waals surface area contributed by atoms with Crippen LogP contribution < -0.4 is 5.32 Å². The number of hydrogen-bond donors (Lipinski definition) is 1. The van der Waals surface area contributed by atoms with Gasteiger partial charge in [-0.3, -0.25) is 0 Å². The van der Waals surface area contributed by atoms with Gasteiger partial charge in [0.15, 0.2) is 0 Å². The fourth-order valence-electron chi connectivity index (χ4n) is 1.49. The molecule has 0 aromatic rings. The van der Waals surface area contributed by atoms with Gasteiger partial charge in [-0.05, 0) is 26.2 Å². The summed E-state index contributed by atoms with van der Waals surface area (Å²) in [7, 11) is 1.71. The van der Waals surface area contributed by atoms with Gasteiger partial charge in [0.1, 0.15) is 6.17 Å². The van der Waals surface area contributed by atoms with Crippen molar-refractivity contribution in [2.75, 3.05) is 13.6 Å². The number of nitrogens with zero attached hydrogens (tertiary/aromatic N) is 1. The molecule has 1 aliphatic carbocycles. The Bertz CT molecular complexity index is 186. The molecule has 0 aromatic heterocycles. The Balaban J connectivity index is 2.35. The van der Waals surface area contributed by atoms with E-state index in [4.69, 9.17) is 0 Å². The van der Waals surface area contributed by atoms with Crippen LogP contribution in [0, 0.1) is 0 Å². The van der Waals surface area contributed by atoms with Crippen molar-refractivity contribution in [1.82, 2.24) is 10.2 Å². The van der Waals surface area contributed by atoms with Crippen LogP contribution in [-0.4, -0.2) is 36.7 Å². The monoisotopic (exact) mass is 188 g/mol. The molecule has 2 atom stereocenters. The van der Waals surface area contributed by atoms with Crippen LogP contribution in [0.4, 0.5) is 9.18 Å². The maximum absolute atomic E-state index is 13.1. The van der Waals surface area contributed by atoms with Crippen molar-refractivity contribution in [1.29, 1.82) is 0 Å². The van der Waals surface area contributed by atoms with Gasteiger partial charge in [0.2, 0.25) is 0 Å². The molecular weight excluding hydrogens is 171 g/mol. The normalized spacial score (nSPS) is 27.3. The van der Waals surface area contributed by atoms with Gasteiger partial charge >= 0.3 is 6.03 Å². The summed E-state index contributed by atoms with van der Waals surface area (Å²) in [5, 5.41) is 2.69. The Morgan fingerprint density at radius 3 is 2.77 bits per heavy atom. The van der Waals surface area contributed by atoms with Crippen LogP contribution in [0.15, 0.2) is 0 Å². The molecule has 2 amide bonds. The molecule has 1 saturated carbocycles. The molecule has 1 N–H and O–H groups in total. The number of nitrogens with one attached hydrogen (secondary N) is 1. The highest BCUT2D eigenvalue weighted by molar-refractivity contribution is 5.74. The highest BCUT2D eigenvalue weighted by Gasteiger charge is 2.28. The molecule has 0 saturated heterocycles. The second-order valence-corrected chi connectivity index (χ2v) is 3.52. The Morgan fingerprint density at radius 1 is 1.62 bits per heavy atom. The maximum Gasteiger partial charge on any atom is 0.317 e. The third-order valence-corrected chi connectivity index (χ3v) is 2.56. The first-order valence-electron chi connectivity index (χ1n) is 4.81. The smallest absolute Gasteiger partial charge is 0.317 e. The predicted octanol–water partition coefficient (Wildman–Crippen LogP) is 1.54. The number of carbonyl (C=O) groups is 1. The van der Waals surface area contributed by atoms with Crippen LogP contribution in [0.3, 0.4) is 0 Å². The Labute approximate surface area is 78.3 Å². The van der Waals surface area contributed by atoms with E-state index in [2.05, 4.69) is 5.32 Å². The Morgan fingerprint density at radius 2 is 2.31 bits per heavy atom. The summed E-state index contributed by atoms with van der Waals surface area (Å²) in [6.07, 6.45) is 1.38. The molecule has 0 bridgehead atoms. The van der Waals surface area contributed by atoms with Crippen molar-refractivity contribution < 1.29 is 9.18 Å². The minimum Gasteiger partial charge on any atom is -0.332 e. The van der Waals surface area contributed by atoms with Crippen molar-refractivity contribution in [3.63, 3.8) is 0 Å². The van der Waals surface area contributed by atoms with E-state index < -0.39 is 6.17 Å². The third-order valence-electron chi connectivity index (χ3n) is 2.56. The highest BCUT2D eigenvalue weighted by atomic mass is 19.1. The number of carbonyl (C=O) groups excluding carboxylic acids is 1. The second kappa shape index (κ2) is 4.44. The van der Waals surface area contributed by atoms with E-state index in [1.165, 1.54) is 0 Å².